The standard InChI is InChI=1S/C12H15NO4S.CH3.W.Y/c1-9-4-6-11(7-5-9)18(15,16)13-10(2)8-12(14)17-3;;;/h4-8,10,13H,2H2,1,3H3;1H3;;/q-2;-1;+2;. The Hall–Kier alpha value is 0.262. The molecular weight excluding hydrogens is 539 g/mol. The van der Waals surface area contributed by atoms with Crippen LogP contribution >= 0.6 is 0 Å². The minimum atomic E-state index is -3.68. The van der Waals surface area contributed by atoms with Crippen molar-refractivity contribution in [3.63, 3.8) is 0 Å². The van der Waals surface area contributed by atoms with E-state index in [-0.39, 0.29) is 66.1 Å². The van der Waals surface area contributed by atoms with Gasteiger partial charge in [0.1, 0.15) is 0 Å². The molecule has 0 bridgehead atoms. The summed E-state index contributed by atoms with van der Waals surface area (Å²) >= 11 is 0. The Kier molecular flexibility index (Phi) is 14.7. The third-order valence-electron chi connectivity index (χ3n) is 2.18. The Morgan fingerprint density at radius 3 is 2.24 bits per heavy atom. The Labute approximate surface area is 166 Å². The largest absolute Gasteiger partial charge is 2.00 e. The molecule has 1 unspecified atom stereocenters. The van der Waals surface area contributed by atoms with E-state index >= 15 is 0 Å². The van der Waals surface area contributed by atoms with Crippen molar-refractivity contribution in [2.24, 2.45) is 0 Å². The average Bonchev–Trinajstić information content (AvgIpc) is 2.28. The Balaban J connectivity index is -0.00000108. The second kappa shape index (κ2) is 11.8. The molecule has 8 heteroatoms. The summed E-state index contributed by atoms with van der Waals surface area (Å²) in [4.78, 5) is 11.1. The van der Waals surface area contributed by atoms with Gasteiger partial charge in [0.25, 0.3) is 0 Å². The quantitative estimate of drug-likeness (QED) is 0.438. The fourth-order valence-corrected chi connectivity index (χ4v) is 2.35. The Morgan fingerprint density at radius 2 is 1.81 bits per heavy atom. The van der Waals surface area contributed by atoms with Crippen LogP contribution in [0.15, 0.2) is 29.2 Å². The van der Waals surface area contributed by atoms with Crippen molar-refractivity contribution in [3.8, 4) is 0 Å². The van der Waals surface area contributed by atoms with Crippen LogP contribution in [0.1, 0.15) is 5.56 Å². The average molecular weight is 557 g/mol. The molecule has 1 aromatic carbocycles. The van der Waals surface area contributed by atoms with Crippen LogP contribution in [0.25, 0.3) is 0 Å². The molecule has 0 heterocycles. The van der Waals surface area contributed by atoms with Crippen molar-refractivity contribution in [2.45, 2.75) is 17.9 Å². The van der Waals surface area contributed by atoms with Gasteiger partial charge in [-0.05, 0) is 19.1 Å². The number of carbonyl (C=O) groups excluding carboxylic acids is 1. The summed E-state index contributed by atoms with van der Waals surface area (Å²) in [6.45, 7) is 5.37. The molecule has 0 spiro atoms. The summed E-state index contributed by atoms with van der Waals surface area (Å²) in [6, 6.07) is 5.47. The van der Waals surface area contributed by atoms with Crippen LogP contribution in [0.5, 0.6) is 0 Å². The van der Waals surface area contributed by atoms with Gasteiger partial charge in [-0.25, -0.2) is 14.5 Å². The second-order valence-electron chi connectivity index (χ2n) is 3.73. The fraction of sp³-hybridized carbons (Fsp3) is 0.231. The van der Waals surface area contributed by atoms with Crippen LogP contribution in [0.3, 0.4) is 0 Å². The molecule has 0 saturated carbocycles. The molecule has 5 nitrogen and oxygen atoms in total. The van der Waals surface area contributed by atoms with Crippen molar-refractivity contribution in [1.29, 1.82) is 0 Å². The van der Waals surface area contributed by atoms with Crippen molar-refractivity contribution in [2.75, 3.05) is 7.11 Å². The molecule has 0 aliphatic carbocycles. The second-order valence-corrected chi connectivity index (χ2v) is 5.44. The molecule has 0 aliphatic rings. The van der Waals surface area contributed by atoms with Crippen LogP contribution in [0.4, 0.5) is 0 Å². The maximum atomic E-state index is 11.9. The molecule has 1 aromatic rings. The number of sulfonamides is 1. The first-order valence-electron chi connectivity index (χ1n) is 5.20. The van der Waals surface area contributed by atoms with Gasteiger partial charge in [-0.15, -0.1) is 0 Å². The summed E-state index contributed by atoms with van der Waals surface area (Å²) in [5.74, 6) is -0.637. The van der Waals surface area contributed by atoms with Gasteiger partial charge in [-0.2, -0.15) is 0 Å². The number of aryl methyl sites for hydroxylation is 1. The van der Waals surface area contributed by atoms with E-state index in [0.29, 0.717) is 0 Å². The Morgan fingerprint density at radius 1 is 1.33 bits per heavy atom. The van der Waals surface area contributed by atoms with Crippen LogP contribution < -0.4 is 4.72 Å². The van der Waals surface area contributed by atoms with E-state index in [2.05, 4.69) is 16.4 Å². The molecule has 0 aliphatic heterocycles. The Bertz CT molecular complexity index is 519. The molecule has 0 saturated heterocycles. The first kappa shape index (κ1) is 26.2. The van der Waals surface area contributed by atoms with Crippen LogP contribution in [0.2, 0.25) is 0 Å². The monoisotopic (exact) mass is 557 g/mol. The number of rotatable bonds is 5. The van der Waals surface area contributed by atoms with Gasteiger partial charge in [-0.3, -0.25) is 15.9 Å². The number of esters is 1. The van der Waals surface area contributed by atoms with Crippen molar-refractivity contribution in [3.05, 3.63) is 50.6 Å². The van der Waals surface area contributed by atoms with E-state index in [1.54, 1.807) is 12.1 Å². The van der Waals surface area contributed by atoms with Gasteiger partial charge < -0.3 is 19.1 Å². The van der Waals surface area contributed by atoms with Gasteiger partial charge in [0.05, 0.1) is 12.0 Å². The van der Waals surface area contributed by atoms with Gasteiger partial charge >= 0.3 is 21.1 Å². The minimum Gasteiger partial charge on any atom is -0.491 e. The SMILES string of the molecule is [CH2-]C([CH-]C(=O)OC)NS(=O)(=O)c1ccc(C)cc1.[CH3-].[W+2].[Y]. The summed E-state index contributed by atoms with van der Waals surface area (Å²) in [5.41, 5.74) is 0.959. The smallest absolute Gasteiger partial charge is 0.491 e. The first-order chi connectivity index (χ1) is 8.35. The molecule has 21 heavy (non-hydrogen) atoms. The molecule has 115 valence electrons. The molecular formula is C13H18NO4SWY-. The number of hydrogen-bond acceptors (Lipinski definition) is 4. The van der Waals surface area contributed by atoms with E-state index in [0.717, 1.165) is 12.0 Å². The summed E-state index contributed by atoms with van der Waals surface area (Å²) in [7, 11) is -2.47. The van der Waals surface area contributed by atoms with Crippen molar-refractivity contribution in [1.82, 2.24) is 4.72 Å². The van der Waals surface area contributed by atoms with E-state index in [1.807, 2.05) is 6.92 Å². The summed E-state index contributed by atoms with van der Waals surface area (Å²) in [6.07, 6.45) is 1.05. The predicted octanol–water partition coefficient (Wildman–Crippen LogP) is 1.30. The molecule has 0 aromatic heterocycles. The van der Waals surface area contributed by atoms with Crippen molar-refractivity contribution >= 4 is 16.0 Å². The number of benzene rings is 1. The van der Waals surface area contributed by atoms with E-state index in [1.165, 1.54) is 19.2 Å². The zero-order valence-electron chi connectivity index (χ0n) is 12.2. The van der Waals surface area contributed by atoms with Gasteiger partial charge in [0, 0.05) is 32.7 Å². The van der Waals surface area contributed by atoms with Crippen LogP contribution in [-0.2, 0) is 73.3 Å². The number of carbonyl (C=O) groups is 1. The van der Waals surface area contributed by atoms with Crippen molar-refractivity contribution < 1.29 is 71.7 Å². The summed E-state index contributed by atoms with van der Waals surface area (Å²) < 4.78 is 30.5. The topological polar surface area (TPSA) is 72.5 Å². The zero-order chi connectivity index (χ0) is 13.8. The first-order valence-corrected chi connectivity index (χ1v) is 6.68. The van der Waals surface area contributed by atoms with Gasteiger partial charge in [-0.1, -0.05) is 17.7 Å². The molecule has 0 fully saturated rings. The predicted molar refractivity (Wildman–Crippen MR) is 73.4 cm³/mol. The molecule has 1 N–H and O–H groups in total. The van der Waals surface area contributed by atoms with E-state index in [9.17, 15) is 13.2 Å². The van der Waals surface area contributed by atoms with E-state index < -0.39 is 22.0 Å². The summed E-state index contributed by atoms with van der Waals surface area (Å²) in [5, 5.41) is 0. The van der Waals surface area contributed by atoms with Gasteiger partial charge in [0.2, 0.25) is 10.0 Å². The molecule has 1 radical (unpaired) electrons. The molecule has 1 atom stereocenters. The fourth-order valence-electron chi connectivity index (χ4n) is 1.25. The number of hydrogen-bond donors (Lipinski definition) is 1. The number of ether oxygens (including phenoxy) is 1. The number of methoxy groups -OCH3 is 1. The van der Waals surface area contributed by atoms with Gasteiger partial charge in [0.15, 0.2) is 5.97 Å². The molecule has 1 rings (SSSR count). The normalized spacial score (nSPS) is 11.0. The maximum Gasteiger partial charge on any atom is 2.00 e. The van der Waals surface area contributed by atoms with E-state index in [4.69, 9.17) is 0 Å². The van der Waals surface area contributed by atoms with Crippen LogP contribution in [0, 0.1) is 27.7 Å². The molecule has 0 amide bonds. The third-order valence-corrected chi connectivity index (χ3v) is 3.68. The minimum absolute atomic E-state index is 0. The number of nitrogens with one attached hydrogen (secondary N) is 1. The maximum absolute atomic E-state index is 11.9. The zero-order valence-corrected chi connectivity index (χ0v) is 18.8. The third kappa shape index (κ3) is 9.09. The van der Waals surface area contributed by atoms with Crippen LogP contribution in [-0.4, -0.2) is 27.5 Å².